The Kier molecular flexibility index (Phi) is 2.34. The van der Waals surface area contributed by atoms with E-state index in [1.165, 1.54) is 0 Å². The molecule has 2 saturated heterocycles. The number of aliphatic carboxylic acids is 1. The molecule has 6 heteroatoms. The van der Waals surface area contributed by atoms with Crippen molar-refractivity contribution in [3.05, 3.63) is 0 Å². The minimum Gasteiger partial charge on any atom is -0.477 e. The maximum atomic E-state index is 11.7. The van der Waals surface area contributed by atoms with Crippen LogP contribution in [0.2, 0.25) is 0 Å². The summed E-state index contributed by atoms with van der Waals surface area (Å²) in [5.74, 6) is -0.968. The second-order valence-electron chi connectivity index (χ2n) is 4.56. The van der Waals surface area contributed by atoms with Gasteiger partial charge in [0.15, 0.2) is 11.4 Å². The number of rotatable bonds is 2. The van der Waals surface area contributed by atoms with Gasteiger partial charge in [-0.25, -0.2) is 14.1 Å². The summed E-state index contributed by atoms with van der Waals surface area (Å²) in [5.41, 5.74) is 0. The van der Waals surface area contributed by atoms with Crippen molar-refractivity contribution in [1.29, 1.82) is 0 Å². The molecular formula is C9H13ClNO3S+. The van der Waals surface area contributed by atoms with Crippen molar-refractivity contribution in [1.82, 2.24) is 0 Å². The molecule has 0 saturated carbocycles. The lowest BCUT2D eigenvalue weighted by molar-refractivity contribution is -0.891. The number of halogens is 1. The molecular weight excluding hydrogens is 238 g/mol. The van der Waals surface area contributed by atoms with Crippen LogP contribution in [0.25, 0.3) is 0 Å². The molecule has 0 aromatic carbocycles. The Morgan fingerprint density at radius 2 is 2.33 bits per heavy atom. The quantitative estimate of drug-likeness (QED) is 0.347. The van der Waals surface area contributed by atoms with E-state index in [0.717, 1.165) is 0 Å². The summed E-state index contributed by atoms with van der Waals surface area (Å²) < 4.78 is -0.508. The Bertz CT molecular complexity index is 346. The minimum atomic E-state index is -0.927. The van der Waals surface area contributed by atoms with Gasteiger partial charge in [-0.1, -0.05) is 23.4 Å². The van der Waals surface area contributed by atoms with Gasteiger partial charge in [0.25, 0.3) is 0 Å². The summed E-state index contributed by atoms with van der Waals surface area (Å²) in [6.45, 7) is 3.74. The predicted octanol–water partition coefficient (Wildman–Crippen LogP) is 1.23. The van der Waals surface area contributed by atoms with Gasteiger partial charge in [0.1, 0.15) is 6.42 Å². The third-order valence-corrected chi connectivity index (χ3v) is 5.36. The second-order valence-corrected chi connectivity index (χ2v) is 6.64. The molecule has 1 amide bonds. The van der Waals surface area contributed by atoms with Crippen LogP contribution in [0.15, 0.2) is 0 Å². The second kappa shape index (κ2) is 3.12. The highest BCUT2D eigenvalue weighted by atomic mass is 35.5. The Morgan fingerprint density at radius 1 is 1.73 bits per heavy atom. The maximum absolute atomic E-state index is 11.7. The van der Waals surface area contributed by atoms with Crippen molar-refractivity contribution in [2.75, 3.05) is 6.00 Å². The summed E-state index contributed by atoms with van der Waals surface area (Å²) >= 11 is 7.40. The first-order valence-electron chi connectivity index (χ1n) is 4.73. The first kappa shape index (κ1) is 11.2. The molecule has 2 aliphatic heterocycles. The highest BCUT2D eigenvalue weighted by Crippen LogP contribution is 2.56. The Morgan fingerprint density at radius 3 is 2.67 bits per heavy atom. The van der Waals surface area contributed by atoms with E-state index >= 15 is 0 Å². The van der Waals surface area contributed by atoms with Gasteiger partial charge in [0, 0.05) is 0 Å². The smallest absolute Gasteiger partial charge is 0.364 e. The van der Waals surface area contributed by atoms with Crippen LogP contribution in [0, 0.1) is 0 Å². The molecule has 84 valence electrons. The Labute approximate surface area is 97.2 Å². The van der Waals surface area contributed by atoms with E-state index in [0.29, 0.717) is 6.42 Å². The number of alkyl halides is 1. The van der Waals surface area contributed by atoms with Crippen LogP contribution >= 0.6 is 23.4 Å². The monoisotopic (exact) mass is 250 g/mol. The largest absolute Gasteiger partial charge is 0.477 e. The van der Waals surface area contributed by atoms with Crippen LogP contribution in [0.3, 0.4) is 0 Å². The molecule has 4 nitrogen and oxygen atoms in total. The summed E-state index contributed by atoms with van der Waals surface area (Å²) in [6.07, 6.45) is 0.449. The molecule has 2 heterocycles. The average molecular weight is 251 g/mol. The summed E-state index contributed by atoms with van der Waals surface area (Å²) in [5, 5.41) is 9.28. The molecule has 15 heavy (non-hydrogen) atoms. The molecule has 0 radical (unpaired) electrons. The molecule has 0 spiro atoms. The van der Waals surface area contributed by atoms with Crippen LogP contribution < -0.4 is 0 Å². The molecule has 2 fully saturated rings. The third kappa shape index (κ3) is 1.20. The lowest BCUT2D eigenvalue weighted by Gasteiger charge is -2.45. The van der Waals surface area contributed by atoms with Crippen molar-refractivity contribution in [3.63, 3.8) is 0 Å². The van der Waals surface area contributed by atoms with Crippen molar-refractivity contribution >= 4 is 35.2 Å². The summed E-state index contributed by atoms with van der Waals surface area (Å²) in [4.78, 5) is 23.0. The zero-order valence-corrected chi connectivity index (χ0v) is 10.1. The number of β-lactam (4-membered cyclic amide) rings is 1. The highest BCUT2D eigenvalue weighted by molar-refractivity contribution is 8.01. The fourth-order valence-corrected chi connectivity index (χ4v) is 5.02. The zero-order valence-electron chi connectivity index (χ0n) is 8.57. The number of thioether (sulfide) groups is 1. The number of carbonyl (C=O) groups excluding carboxylic acids is 1. The van der Waals surface area contributed by atoms with Gasteiger partial charge in [0.05, 0.1) is 4.75 Å². The van der Waals surface area contributed by atoms with Gasteiger partial charge >= 0.3 is 11.9 Å². The Balaban J connectivity index is 2.46. The van der Waals surface area contributed by atoms with E-state index in [9.17, 15) is 14.7 Å². The number of hydrogen-bond acceptors (Lipinski definition) is 3. The van der Waals surface area contributed by atoms with Crippen LogP contribution in [-0.4, -0.2) is 43.6 Å². The minimum absolute atomic E-state index is 0.0334. The van der Waals surface area contributed by atoms with E-state index in [-0.39, 0.29) is 21.8 Å². The lowest BCUT2D eigenvalue weighted by atomic mass is 9.95. The highest BCUT2D eigenvalue weighted by Gasteiger charge is 2.72. The van der Waals surface area contributed by atoms with Gasteiger partial charge in [-0.05, 0) is 13.8 Å². The fraction of sp³-hybridized carbons (Fsp3) is 0.778. The number of fused-ring (bicyclic) bond motifs is 1. The van der Waals surface area contributed by atoms with E-state index in [2.05, 4.69) is 0 Å². The fourth-order valence-electron chi connectivity index (χ4n) is 2.65. The van der Waals surface area contributed by atoms with Gasteiger partial charge in [-0.15, -0.1) is 0 Å². The van der Waals surface area contributed by atoms with E-state index < -0.39 is 16.8 Å². The molecule has 2 rings (SSSR count). The van der Waals surface area contributed by atoms with Crippen molar-refractivity contribution in [2.45, 2.75) is 36.4 Å². The van der Waals surface area contributed by atoms with Gasteiger partial charge < -0.3 is 5.11 Å². The van der Waals surface area contributed by atoms with Gasteiger partial charge in [0.2, 0.25) is 6.04 Å². The molecule has 3 atom stereocenters. The maximum Gasteiger partial charge on any atom is 0.364 e. The lowest BCUT2D eigenvalue weighted by Crippen LogP contribution is -2.71. The number of nitrogens with zero attached hydrogens (tertiary/aromatic N) is 1. The molecule has 0 aliphatic carbocycles. The van der Waals surface area contributed by atoms with E-state index in [4.69, 9.17) is 11.6 Å². The van der Waals surface area contributed by atoms with Crippen LogP contribution in [0.1, 0.15) is 20.3 Å². The molecule has 2 aliphatic rings. The topological polar surface area (TPSA) is 54.4 Å². The van der Waals surface area contributed by atoms with E-state index in [1.807, 2.05) is 13.8 Å². The van der Waals surface area contributed by atoms with Crippen LogP contribution in [0.5, 0.6) is 0 Å². The molecule has 1 N–H and O–H groups in total. The van der Waals surface area contributed by atoms with Crippen LogP contribution in [0.4, 0.5) is 0 Å². The summed E-state index contributed by atoms with van der Waals surface area (Å²) in [6, 6.07) is -0.650. The number of carboxylic acid groups (broad SMARTS) is 1. The number of amides is 1. The van der Waals surface area contributed by atoms with Gasteiger partial charge in [-0.2, -0.15) is 0 Å². The van der Waals surface area contributed by atoms with E-state index in [1.54, 1.807) is 11.8 Å². The van der Waals surface area contributed by atoms with Crippen molar-refractivity contribution < 1.29 is 19.2 Å². The SMILES string of the molecule is CC1(C)S[C@@H]2CC(=O)[N+]2(CCl)[C@H]1C(=O)O. The zero-order chi connectivity index (χ0) is 11.4. The number of carbonyl (C=O) groups is 2. The average Bonchev–Trinajstić information content (AvgIpc) is 2.29. The third-order valence-electron chi connectivity index (χ3n) is 3.32. The van der Waals surface area contributed by atoms with Crippen molar-refractivity contribution in [3.8, 4) is 0 Å². The van der Waals surface area contributed by atoms with Gasteiger partial charge in [-0.3, -0.25) is 0 Å². The first-order valence-corrected chi connectivity index (χ1v) is 6.15. The summed E-state index contributed by atoms with van der Waals surface area (Å²) in [7, 11) is 0. The molecule has 0 aromatic heterocycles. The van der Waals surface area contributed by atoms with Crippen LogP contribution in [-0.2, 0) is 9.59 Å². The molecule has 0 aromatic rings. The predicted molar refractivity (Wildman–Crippen MR) is 57.5 cm³/mol. The number of carboxylic acids is 1. The first-order chi connectivity index (χ1) is 6.86. The standard InChI is InChI=1S/C9H12ClNO3S/c1-9(2)7(8(13)14)11(4-10)5(12)3-6(11)15-9/h6-7H,3-4H2,1-2H3/p+1/t6-,7+,11?/m1/s1. The molecule has 0 bridgehead atoms. The van der Waals surface area contributed by atoms with Crippen molar-refractivity contribution in [2.24, 2.45) is 0 Å². The normalized spacial score (nSPS) is 42.2. The number of hydrogen-bond donors (Lipinski definition) is 1. The number of quaternary nitrogens is 1. The Hall–Kier alpha value is -0.260. The molecule has 1 unspecified atom stereocenters.